The van der Waals surface area contributed by atoms with Crippen LogP contribution in [0.2, 0.25) is 0 Å². The molecular formula is C28H33N3. The molecule has 0 unspecified atom stereocenters. The lowest BCUT2D eigenvalue weighted by Gasteiger charge is -2.23. The van der Waals surface area contributed by atoms with E-state index < -0.39 is 0 Å². The van der Waals surface area contributed by atoms with Crippen LogP contribution in [0.3, 0.4) is 0 Å². The molecule has 3 aromatic rings. The van der Waals surface area contributed by atoms with Crippen molar-refractivity contribution in [3.63, 3.8) is 0 Å². The Morgan fingerprint density at radius 2 is 1.71 bits per heavy atom. The molecular weight excluding hydrogens is 378 g/mol. The third-order valence-corrected chi connectivity index (χ3v) is 5.45. The van der Waals surface area contributed by atoms with Crippen LogP contribution in [0.4, 0.5) is 5.82 Å². The smallest absolute Gasteiger partial charge is 0.130 e. The molecule has 0 atom stereocenters. The molecule has 0 aliphatic rings. The third kappa shape index (κ3) is 5.43. The molecule has 3 nitrogen and oxygen atoms in total. The van der Waals surface area contributed by atoms with Crippen molar-refractivity contribution in [1.29, 1.82) is 0 Å². The highest BCUT2D eigenvalue weighted by Crippen LogP contribution is 2.27. The zero-order valence-electron chi connectivity index (χ0n) is 19.4. The molecule has 0 aliphatic heterocycles. The average Bonchev–Trinajstić information content (AvgIpc) is 2.74. The standard InChI is InChI=1S/C28H33N3/c1-8-27(31(7)20(4)5)24-13-14-25-18-29-28(17-26(25)16-24)30-21(6)23-11-9-22(10-12-23)15-19(2)3/h8-14,16-19H,4,6,15H2,1-3,5,7H3,(H,29,30)/b27-8-. The molecule has 1 aromatic heterocycles. The van der Waals surface area contributed by atoms with Crippen LogP contribution in [0.25, 0.3) is 22.2 Å². The van der Waals surface area contributed by atoms with E-state index in [4.69, 9.17) is 0 Å². The summed E-state index contributed by atoms with van der Waals surface area (Å²) in [5, 5.41) is 5.60. The minimum atomic E-state index is 0.650. The van der Waals surface area contributed by atoms with Gasteiger partial charge in [-0.1, -0.05) is 69.5 Å². The van der Waals surface area contributed by atoms with Crippen molar-refractivity contribution in [2.24, 2.45) is 5.92 Å². The molecule has 0 bridgehead atoms. The van der Waals surface area contributed by atoms with E-state index in [2.05, 4.69) is 104 Å². The van der Waals surface area contributed by atoms with Crippen molar-refractivity contribution in [2.75, 3.05) is 12.4 Å². The number of nitrogens with zero attached hydrogens (tertiary/aromatic N) is 2. The minimum absolute atomic E-state index is 0.650. The Kier molecular flexibility index (Phi) is 6.96. The second-order valence-corrected chi connectivity index (χ2v) is 8.50. The molecule has 0 aliphatic carbocycles. The number of hydrogen-bond acceptors (Lipinski definition) is 3. The first-order valence-electron chi connectivity index (χ1n) is 10.8. The van der Waals surface area contributed by atoms with Gasteiger partial charge in [-0.15, -0.1) is 0 Å². The maximum atomic E-state index is 4.58. The summed E-state index contributed by atoms with van der Waals surface area (Å²) in [5.41, 5.74) is 6.55. The highest BCUT2D eigenvalue weighted by molar-refractivity contribution is 5.88. The fourth-order valence-electron chi connectivity index (χ4n) is 3.67. The summed E-state index contributed by atoms with van der Waals surface area (Å²) in [6, 6.07) is 17.1. The molecule has 0 fully saturated rings. The van der Waals surface area contributed by atoms with Gasteiger partial charge in [0.05, 0.1) is 0 Å². The number of fused-ring (bicyclic) bond motifs is 1. The number of rotatable bonds is 8. The lowest BCUT2D eigenvalue weighted by molar-refractivity contribution is 0.600. The van der Waals surface area contributed by atoms with Gasteiger partial charge in [-0.3, -0.25) is 0 Å². The van der Waals surface area contributed by atoms with Crippen molar-refractivity contribution in [2.45, 2.75) is 34.1 Å². The Hall–Kier alpha value is -3.33. The van der Waals surface area contributed by atoms with Gasteiger partial charge < -0.3 is 10.2 Å². The van der Waals surface area contributed by atoms with E-state index in [0.717, 1.165) is 51.2 Å². The van der Waals surface area contributed by atoms with E-state index in [1.165, 1.54) is 5.56 Å². The predicted molar refractivity (Wildman–Crippen MR) is 136 cm³/mol. The molecule has 3 rings (SSSR count). The number of benzene rings is 2. The number of pyridine rings is 1. The van der Waals surface area contributed by atoms with Gasteiger partial charge in [-0.25, -0.2) is 4.98 Å². The van der Waals surface area contributed by atoms with Crippen molar-refractivity contribution >= 4 is 28.0 Å². The Labute approximate surface area is 186 Å². The molecule has 1 N–H and O–H groups in total. The second kappa shape index (κ2) is 9.65. The van der Waals surface area contributed by atoms with Crippen LogP contribution in [-0.4, -0.2) is 16.9 Å². The number of anilines is 1. The normalized spacial score (nSPS) is 11.6. The molecule has 0 amide bonds. The topological polar surface area (TPSA) is 28.2 Å². The van der Waals surface area contributed by atoms with Gasteiger partial charge in [0.15, 0.2) is 0 Å². The first kappa shape index (κ1) is 22.4. The minimum Gasteiger partial charge on any atom is -0.349 e. The molecule has 1 heterocycles. The van der Waals surface area contributed by atoms with Crippen LogP contribution in [0.5, 0.6) is 0 Å². The highest BCUT2D eigenvalue weighted by atomic mass is 15.1. The van der Waals surface area contributed by atoms with Crippen molar-refractivity contribution in [1.82, 2.24) is 9.88 Å². The molecule has 0 saturated carbocycles. The van der Waals surface area contributed by atoms with E-state index in [0.29, 0.717) is 5.92 Å². The first-order chi connectivity index (χ1) is 14.8. The summed E-state index contributed by atoms with van der Waals surface area (Å²) in [6.07, 6.45) is 5.10. The van der Waals surface area contributed by atoms with Crippen LogP contribution in [-0.2, 0) is 6.42 Å². The monoisotopic (exact) mass is 411 g/mol. The molecule has 0 radical (unpaired) electrons. The maximum absolute atomic E-state index is 4.58. The quantitative estimate of drug-likeness (QED) is 0.420. The number of hydrogen-bond donors (Lipinski definition) is 1. The Bertz CT molecular complexity index is 1120. The fraction of sp³-hybridized carbons (Fsp3) is 0.250. The van der Waals surface area contributed by atoms with Gasteiger partial charge in [0.25, 0.3) is 0 Å². The van der Waals surface area contributed by atoms with Gasteiger partial charge >= 0.3 is 0 Å². The van der Waals surface area contributed by atoms with Crippen molar-refractivity contribution in [3.05, 3.63) is 96.3 Å². The van der Waals surface area contributed by atoms with Gasteiger partial charge in [0.1, 0.15) is 5.82 Å². The Morgan fingerprint density at radius 3 is 2.32 bits per heavy atom. The SMILES string of the molecule is C=C(Nc1cc2cc(/C(=C/C)N(C)C(=C)C)ccc2cn1)c1ccc(CC(C)C)cc1. The lowest BCUT2D eigenvalue weighted by atomic mass is 10.0. The highest BCUT2D eigenvalue weighted by Gasteiger charge is 2.09. The van der Waals surface area contributed by atoms with E-state index >= 15 is 0 Å². The van der Waals surface area contributed by atoms with Crippen LogP contribution < -0.4 is 5.32 Å². The molecule has 0 saturated heterocycles. The summed E-state index contributed by atoms with van der Waals surface area (Å²) < 4.78 is 0. The second-order valence-electron chi connectivity index (χ2n) is 8.50. The largest absolute Gasteiger partial charge is 0.349 e. The van der Waals surface area contributed by atoms with Crippen LogP contribution in [0.1, 0.15) is 44.4 Å². The number of aromatic nitrogens is 1. The van der Waals surface area contributed by atoms with E-state index in [1.54, 1.807) is 0 Å². The average molecular weight is 412 g/mol. The summed E-state index contributed by atoms with van der Waals surface area (Å²) in [4.78, 5) is 6.68. The molecule has 0 spiro atoms. The molecule has 31 heavy (non-hydrogen) atoms. The predicted octanol–water partition coefficient (Wildman–Crippen LogP) is 7.34. The summed E-state index contributed by atoms with van der Waals surface area (Å²) in [6.45, 7) is 16.8. The van der Waals surface area contributed by atoms with Gasteiger partial charge in [0.2, 0.25) is 0 Å². The van der Waals surface area contributed by atoms with E-state index in [9.17, 15) is 0 Å². The maximum Gasteiger partial charge on any atom is 0.130 e. The zero-order chi connectivity index (χ0) is 22.5. The third-order valence-electron chi connectivity index (χ3n) is 5.45. The first-order valence-corrected chi connectivity index (χ1v) is 10.8. The summed E-state index contributed by atoms with van der Waals surface area (Å²) in [7, 11) is 2.04. The van der Waals surface area contributed by atoms with Crippen molar-refractivity contribution < 1.29 is 0 Å². The molecule has 3 heteroatoms. The van der Waals surface area contributed by atoms with Gasteiger partial charge in [-0.05, 0) is 60.4 Å². The van der Waals surface area contributed by atoms with Crippen LogP contribution in [0, 0.1) is 5.92 Å². The number of allylic oxidation sites excluding steroid dienone is 2. The number of nitrogens with one attached hydrogen (secondary N) is 1. The summed E-state index contributed by atoms with van der Waals surface area (Å²) >= 11 is 0. The molecule has 160 valence electrons. The van der Waals surface area contributed by atoms with Crippen LogP contribution in [0.15, 0.2) is 79.7 Å². The van der Waals surface area contributed by atoms with E-state index in [1.807, 2.05) is 20.2 Å². The van der Waals surface area contributed by atoms with E-state index in [-0.39, 0.29) is 0 Å². The fourth-order valence-corrected chi connectivity index (χ4v) is 3.67. The zero-order valence-corrected chi connectivity index (χ0v) is 19.4. The summed E-state index contributed by atoms with van der Waals surface area (Å²) in [5.74, 6) is 1.44. The van der Waals surface area contributed by atoms with Gasteiger partial charge in [0, 0.05) is 35.7 Å². The van der Waals surface area contributed by atoms with Gasteiger partial charge in [-0.2, -0.15) is 0 Å². The molecule has 2 aromatic carbocycles. The Morgan fingerprint density at radius 1 is 1.03 bits per heavy atom. The van der Waals surface area contributed by atoms with Crippen LogP contribution >= 0.6 is 0 Å². The Balaban J connectivity index is 1.83. The van der Waals surface area contributed by atoms with Crippen molar-refractivity contribution in [3.8, 4) is 0 Å². The lowest BCUT2D eigenvalue weighted by Crippen LogP contribution is -2.13.